The molecule has 0 unspecified atom stereocenters. The molecule has 0 radical (unpaired) electrons. The molecule has 0 amide bonds. The molecule has 3 N–H and O–H groups in total. The molecule has 41 heavy (non-hydrogen) atoms. The number of nitrogens with zero attached hydrogens (tertiary/aromatic N) is 6. The van der Waals surface area contributed by atoms with Gasteiger partial charge in [0.25, 0.3) is 5.56 Å². The normalized spacial score (nSPS) is 12.0. The molecular weight excluding hydrogens is 563 g/mol. The molecule has 1 atom stereocenters. The Hall–Kier alpha value is -4.80. The smallest absolute Gasteiger partial charge is 0.254 e. The SMILES string of the molecule is Nc1n[nH]c2ccc(CC(=O)[C@H](Cc3ccccc3)n3cnc(-c4cc(Cl)ccc4-n4cc(Cl)nn4)cc3=O)cc12. The second-order valence-electron chi connectivity index (χ2n) is 9.50. The molecule has 0 fully saturated rings. The van der Waals surface area contributed by atoms with Gasteiger partial charge in [0.1, 0.15) is 6.04 Å². The van der Waals surface area contributed by atoms with Gasteiger partial charge in [-0.05, 0) is 41.5 Å². The van der Waals surface area contributed by atoms with Gasteiger partial charge in [0.2, 0.25) is 0 Å². The van der Waals surface area contributed by atoms with Gasteiger partial charge in [0.05, 0.1) is 29.4 Å². The van der Waals surface area contributed by atoms with Crippen LogP contribution in [0.5, 0.6) is 0 Å². The third kappa shape index (κ3) is 5.47. The number of halogens is 2. The van der Waals surface area contributed by atoms with Crippen molar-refractivity contribution in [1.29, 1.82) is 0 Å². The number of rotatable bonds is 8. The van der Waals surface area contributed by atoms with Gasteiger partial charge in [-0.25, -0.2) is 9.67 Å². The van der Waals surface area contributed by atoms with Crippen molar-refractivity contribution in [2.75, 3.05) is 5.73 Å². The Bertz CT molecular complexity index is 1950. The molecule has 0 spiro atoms. The highest BCUT2D eigenvalue weighted by Crippen LogP contribution is 2.28. The lowest BCUT2D eigenvalue weighted by Crippen LogP contribution is -2.32. The van der Waals surface area contributed by atoms with E-state index >= 15 is 0 Å². The number of nitrogen functional groups attached to an aromatic ring is 1. The third-order valence-electron chi connectivity index (χ3n) is 6.80. The van der Waals surface area contributed by atoms with E-state index in [0.29, 0.717) is 34.2 Å². The Kier molecular flexibility index (Phi) is 7.08. The van der Waals surface area contributed by atoms with Crippen LogP contribution in [0.1, 0.15) is 17.2 Å². The number of fused-ring (bicyclic) bond motifs is 1. The summed E-state index contributed by atoms with van der Waals surface area (Å²) in [5, 5.41) is 16.1. The number of anilines is 1. The summed E-state index contributed by atoms with van der Waals surface area (Å²) in [7, 11) is 0. The first kappa shape index (κ1) is 26.4. The van der Waals surface area contributed by atoms with Crippen LogP contribution in [0.4, 0.5) is 5.82 Å². The van der Waals surface area contributed by atoms with Crippen LogP contribution in [0.15, 0.2) is 90.1 Å². The average Bonchev–Trinajstić information content (AvgIpc) is 3.57. The highest BCUT2D eigenvalue weighted by atomic mass is 35.5. The molecule has 0 aliphatic carbocycles. The van der Waals surface area contributed by atoms with Crippen molar-refractivity contribution in [3.63, 3.8) is 0 Å². The molecule has 0 saturated carbocycles. The lowest BCUT2D eigenvalue weighted by atomic mass is 9.97. The number of hydrogen-bond acceptors (Lipinski definition) is 7. The fourth-order valence-corrected chi connectivity index (χ4v) is 5.08. The van der Waals surface area contributed by atoms with Gasteiger partial charge in [-0.15, -0.1) is 5.10 Å². The molecule has 0 aliphatic heterocycles. The van der Waals surface area contributed by atoms with E-state index in [9.17, 15) is 9.59 Å². The molecule has 3 aromatic carbocycles. The van der Waals surface area contributed by atoms with Crippen LogP contribution in [0.25, 0.3) is 27.8 Å². The van der Waals surface area contributed by atoms with Crippen molar-refractivity contribution in [2.45, 2.75) is 18.9 Å². The minimum Gasteiger partial charge on any atom is -0.382 e. The number of Topliss-reactive ketones (excluding diaryl/α,β-unsaturated/α-hetero) is 1. The van der Waals surface area contributed by atoms with Crippen molar-refractivity contribution >= 4 is 45.7 Å². The van der Waals surface area contributed by atoms with E-state index in [1.807, 2.05) is 48.5 Å². The first-order valence-electron chi connectivity index (χ1n) is 12.6. The highest BCUT2D eigenvalue weighted by molar-refractivity contribution is 6.31. The predicted octanol–water partition coefficient (Wildman–Crippen LogP) is 4.85. The summed E-state index contributed by atoms with van der Waals surface area (Å²) in [5.41, 5.74) is 9.54. The first-order chi connectivity index (χ1) is 19.9. The molecule has 6 rings (SSSR count). The van der Waals surface area contributed by atoms with Crippen LogP contribution in [0.2, 0.25) is 10.2 Å². The minimum absolute atomic E-state index is 0.0950. The van der Waals surface area contributed by atoms with Crippen LogP contribution in [0.3, 0.4) is 0 Å². The first-order valence-corrected chi connectivity index (χ1v) is 13.4. The lowest BCUT2D eigenvalue weighted by Gasteiger charge is -2.19. The zero-order valence-electron chi connectivity index (χ0n) is 21.4. The number of hydrogen-bond donors (Lipinski definition) is 2. The standard InChI is InChI=1S/C29H22Cl2N8O2/c30-19-7-9-24(39-15-27(31)35-37-39)20(13-19)23-14-28(41)38(16-33-23)25(11-17-4-2-1-3-5-17)26(40)12-18-6-8-22-21(10-18)29(32)36-34-22/h1-10,13-16,25H,11-12H2,(H3,32,34,36)/t25-/m0/s1. The van der Waals surface area contributed by atoms with Gasteiger partial charge in [-0.2, -0.15) is 5.10 Å². The molecule has 204 valence electrons. The summed E-state index contributed by atoms with van der Waals surface area (Å²) in [6, 6.07) is 20.8. The third-order valence-corrected chi connectivity index (χ3v) is 7.21. The van der Waals surface area contributed by atoms with Crippen LogP contribution < -0.4 is 11.3 Å². The summed E-state index contributed by atoms with van der Waals surface area (Å²) < 4.78 is 2.85. The summed E-state index contributed by atoms with van der Waals surface area (Å²) in [6.07, 6.45) is 3.35. The number of nitrogens with two attached hydrogens (primary N) is 1. The maximum atomic E-state index is 13.8. The van der Waals surface area contributed by atoms with E-state index in [2.05, 4.69) is 25.5 Å². The summed E-state index contributed by atoms with van der Waals surface area (Å²) in [6.45, 7) is 0. The van der Waals surface area contributed by atoms with Crippen molar-refractivity contribution < 1.29 is 4.79 Å². The molecule has 3 aromatic heterocycles. The monoisotopic (exact) mass is 584 g/mol. The number of carbonyl (C=O) groups is 1. The van der Waals surface area contributed by atoms with Gasteiger partial charge in [-0.1, -0.05) is 64.8 Å². The summed E-state index contributed by atoms with van der Waals surface area (Å²) in [4.78, 5) is 31.9. The van der Waals surface area contributed by atoms with Crippen LogP contribution in [-0.4, -0.2) is 40.5 Å². The van der Waals surface area contributed by atoms with E-state index in [-0.39, 0.29) is 22.9 Å². The topological polar surface area (TPSA) is 137 Å². The van der Waals surface area contributed by atoms with E-state index in [4.69, 9.17) is 28.9 Å². The van der Waals surface area contributed by atoms with Crippen LogP contribution in [0, 0.1) is 0 Å². The zero-order valence-corrected chi connectivity index (χ0v) is 22.9. The van der Waals surface area contributed by atoms with Gasteiger partial charge in [0, 0.05) is 34.9 Å². The van der Waals surface area contributed by atoms with E-state index < -0.39 is 6.04 Å². The Balaban J connectivity index is 1.37. The molecule has 0 bridgehead atoms. The number of ketones is 1. The Labute approximate surface area is 243 Å². The number of carbonyl (C=O) groups excluding carboxylic acids is 1. The highest BCUT2D eigenvalue weighted by Gasteiger charge is 2.24. The van der Waals surface area contributed by atoms with Crippen molar-refractivity contribution in [3.05, 3.63) is 117 Å². The fraction of sp³-hybridized carbons (Fsp3) is 0.103. The quantitative estimate of drug-likeness (QED) is 0.261. The Morgan fingerprint density at radius 1 is 1.00 bits per heavy atom. The fourth-order valence-electron chi connectivity index (χ4n) is 4.78. The number of H-pyrrole nitrogens is 1. The second kappa shape index (κ2) is 11.0. The molecule has 3 heterocycles. The van der Waals surface area contributed by atoms with E-state index in [1.165, 1.54) is 21.6 Å². The molecule has 12 heteroatoms. The molecule has 6 aromatic rings. The maximum absolute atomic E-state index is 13.8. The van der Waals surface area contributed by atoms with E-state index in [1.54, 1.807) is 24.4 Å². The van der Waals surface area contributed by atoms with E-state index in [0.717, 1.165) is 22.0 Å². The van der Waals surface area contributed by atoms with Crippen molar-refractivity contribution in [3.8, 4) is 16.9 Å². The maximum Gasteiger partial charge on any atom is 0.254 e. The predicted molar refractivity (Wildman–Crippen MR) is 157 cm³/mol. The van der Waals surface area contributed by atoms with Gasteiger partial charge < -0.3 is 5.73 Å². The number of aromatic nitrogens is 7. The molecule has 0 aliphatic rings. The van der Waals surface area contributed by atoms with Gasteiger partial charge in [-0.3, -0.25) is 19.3 Å². The summed E-state index contributed by atoms with van der Waals surface area (Å²) in [5.74, 6) is 0.215. The Morgan fingerprint density at radius 2 is 1.83 bits per heavy atom. The van der Waals surface area contributed by atoms with Crippen LogP contribution in [-0.2, 0) is 17.6 Å². The Morgan fingerprint density at radius 3 is 2.59 bits per heavy atom. The lowest BCUT2D eigenvalue weighted by molar-refractivity contribution is -0.121. The van der Waals surface area contributed by atoms with Crippen molar-refractivity contribution in [1.82, 2.24) is 34.7 Å². The zero-order chi connectivity index (χ0) is 28.5. The van der Waals surface area contributed by atoms with Gasteiger partial charge in [0.15, 0.2) is 16.8 Å². The number of aromatic amines is 1. The van der Waals surface area contributed by atoms with Gasteiger partial charge >= 0.3 is 0 Å². The number of nitrogens with one attached hydrogen (secondary N) is 1. The average molecular weight is 585 g/mol. The largest absolute Gasteiger partial charge is 0.382 e. The summed E-state index contributed by atoms with van der Waals surface area (Å²) >= 11 is 12.3. The second-order valence-corrected chi connectivity index (χ2v) is 10.3. The van der Waals surface area contributed by atoms with Crippen molar-refractivity contribution in [2.24, 2.45) is 0 Å². The molecule has 0 saturated heterocycles. The molecule has 10 nitrogen and oxygen atoms in total. The molecular formula is C29H22Cl2N8O2. The number of benzene rings is 3. The minimum atomic E-state index is -0.795. The van der Waals surface area contributed by atoms with Crippen LogP contribution >= 0.6 is 23.2 Å².